The van der Waals surface area contributed by atoms with E-state index in [0.717, 1.165) is 66.8 Å². The van der Waals surface area contributed by atoms with Gasteiger partial charge >= 0.3 is 0 Å². The van der Waals surface area contributed by atoms with Crippen LogP contribution in [0.15, 0.2) is 42.9 Å². The van der Waals surface area contributed by atoms with E-state index in [4.69, 9.17) is 17.3 Å². The maximum Gasteiger partial charge on any atom is 0.226 e. The molecule has 5 rings (SSSR count). The van der Waals surface area contributed by atoms with E-state index in [2.05, 4.69) is 64.6 Å². The van der Waals surface area contributed by atoms with Gasteiger partial charge in [-0.05, 0) is 44.2 Å². The summed E-state index contributed by atoms with van der Waals surface area (Å²) in [6.07, 6.45) is 8.30. The van der Waals surface area contributed by atoms with Crippen LogP contribution < -0.4 is 16.0 Å². The van der Waals surface area contributed by atoms with Gasteiger partial charge < -0.3 is 16.0 Å². The number of nitrogens with two attached hydrogens (primary N) is 1. The number of halogens is 1. The van der Waals surface area contributed by atoms with Crippen molar-refractivity contribution in [3.05, 3.63) is 47.9 Å². The summed E-state index contributed by atoms with van der Waals surface area (Å²) in [6.45, 7) is 6.52. The van der Waals surface area contributed by atoms with E-state index in [0.29, 0.717) is 16.9 Å². The van der Waals surface area contributed by atoms with Gasteiger partial charge in [-0.1, -0.05) is 35.9 Å². The van der Waals surface area contributed by atoms with E-state index in [1.165, 1.54) is 0 Å². The van der Waals surface area contributed by atoms with Crippen LogP contribution in [0.1, 0.15) is 39.2 Å². The Morgan fingerprint density at radius 1 is 1.06 bits per heavy atom. The smallest absolute Gasteiger partial charge is 0.226 e. The highest BCUT2D eigenvalue weighted by molar-refractivity contribution is 6.36. The highest BCUT2D eigenvalue weighted by atomic mass is 35.5. The van der Waals surface area contributed by atoms with Crippen LogP contribution in [0.4, 0.5) is 11.5 Å². The molecule has 2 aromatic heterocycles. The fourth-order valence-electron chi connectivity index (χ4n) is 4.98. The normalized spacial score (nSPS) is 17.7. The van der Waals surface area contributed by atoms with Crippen molar-refractivity contribution in [3.63, 3.8) is 0 Å². The topological polar surface area (TPSA) is 89.1 Å². The van der Waals surface area contributed by atoms with E-state index in [9.17, 15) is 4.79 Å². The van der Waals surface area contributed by atoms with Crippen LogP contribution in [0.5, 0.6) is 0 Å². The lowest BCUT2D eigenvalue weighted by atomic mass is 9.77. The molecule has 1 aromatic carbocycles. The molecule has 0 atom stereocenters. The first-order valence-electron chi connectivity index (χ1n) is 11.5. The molecule has 7 nitrogen and oxygen atoms in total. The molecule has 0 bridgehead atoms. The number of hydrogen-bond acceptors (Lipinski definition) is 5. The Morgan fingerprint density at radius 2 is 1.76 bits per heavy atom. The molecule has 2 saturated heterocycles. The minimum atomic E-state index is -0.232. The lowest BCUT2D eigenvalue weighted by Crippen LogP contribution is -2.44. The zero-order valence-electron chi connectivity index (χ0n) is 19.0. The Hall–Kier alpha value is -3.06. The Kier molecular flexibility index (Phi) is 5.52. The number of aromatic nitrogens is 3. The predicted octanol–water partition coefficient (Wildman–Crippen LogP) is 4.54. The summed E-state index contributed by atoms with van der Waals surface area (Å²) in [7, 11) is 0. The van der Waals surface area contributed by atoms with Gasteiger partial charge in [-0.15, -0.1) is 0 Å². The fraction of sp³-hybridized carbons (Fsp3) is 0.400. The van der Waals surface area contributed by atoms with E-state index in [1.807, 2.05) is 10.9 Å². The Labute approximate surface area is 198 Å². The van der Waals surface area contributed by atoms with E-state index in [-0.39, 0.29) is 11.3 Å². The van der Waals surface area contributed by atoms with Crippen molar-refractivity contribution in [2.45, 2.75) is 39.2 Å². The summed E-state index contributed by atoms with van der Waals surface area (Å²) < 4.78 is 1.96. The molecular formula is C25H29ClN6O. The van der Waals surface area contributed by atoms with Crippen molar-refractivity contribution >= 4 is 29.0 Å². The van der Waals surface area contributed by atoms with Gasteiger partial charge in [-0.3, -0.25) is 9.48 Å². The molecule has 0 radical (unpaired) electrons. The van der Waals surface area contributed by atoms with Gasteiger partial charge in [-0.25, -0.2) is 4.98 Å². The van der Waals surface area contributed by atoms with Gasteiger partial charge in [0.05, 0.1) is 17.3 Å². The molecular weight excluding hydrogens is 436 g/mol. The standard InChI is InChI=1S/C25H29ClN6O/c1-16(2)32-15-19(13-30-32)17-3-5-18(6-4-17)20-14-29-23(27)21(26)22(20)31-11-8-25(9-12-31)7-10-28-24(25)33/h3-6,13-16H,7-12H2,1-2H3,(H2,27,29)(H,28,33). The zero-order valence-corrected chi connectivity index (χ0v) is 19.8. The van der Waals surface area contributed by atoms with Crippen LogP contribution >= 0.6 is 11.6 Å². The second-order valence-electron chi connectivity index (χ2n) is 9.37. The van der Waals surface area contributed by atoms with Gasteiger partial charge in [0.15, 0.2) is 0 Å². The van der Waals surface area contributed by atoms with Gasteiger partial charge in [0.2, 0.25) is 5.91 Å². The van der Waals surface area contributed by atoms with Gasteiger partial charge in [0.25, 0.3) is 0 Å². The zero-order chi connectivity index (χ0) is 23.2. The fourth-order valence-corrected chi connectivity index (χ4v) is 5.25. The van der Waals surface area contributed by atoms with Crippen molar-refractivity contribution in [2.24, 2.45) is 5.41 Å². The first-order valence-corrected chi connectivity index (χ1v) is 11.9. The number of nitrogens with one attached hydrogen (secondary N) is 1. The monoisotopic (exact) mass is 464 g/mol. The molecule has 2 aliphatic heterocycles. The molecule has 0 aliphatic carbocycles. The highest BCUT2D eigenvalue weighted by Crippen LogP contribution is 2.44. The molecule has 1 spiro atoms. The maximum absolute atomic E-state index is 12.4. The Morgan fingerprint density at radius 3 is 2.36 bits per heavy atom. The Balaban J connectivity index is 1.44. The molecule has 33 heavy (non-hydrogen) atoms. The molecule has 3 N–H and O–H groups in total. The third-order valence-electron chi connectivity index (χ3n) is 7.09. The third-order valence-corrected chi connectivity index (χ3v) is 7.46. The van der Waals surface area contributed by atoms with Gasteiger partial charge in [0.1, 0.15) is 10.8 Å². The number of nitrogens with zero attached hydrogens (tertiary/aromatic N) is 4. The number of rotatable bonds is 4. The summed E-state index contributed by atoms with van der Waals surface area (Å²) in [5, 5.41) is 7.92. The van der Waals surface area contributed by atoms with E-state index >= 15 is 0 Å². The van der Waals surface area contributed by atoms with Crippen molar-refractivity contribution in [1.29, 1.82) is 0 Å². The van der Waals surface area contributed by atoms with Crippen LogP contribution in [0.3, 0.4) is 0 Å². The molecule has 2 aliphatic rings. The van der Waals surface area contributed by atoms with Crippen LogP contribution in [-0.2, 0) is 4.79 Å². The number of pyridine rings is 1. The molecule has 0 unspecified atom stereocenters. The molecule has 3 aromatic rings. The largest absolute Gasteiger partial charge is 0.382 e. The van der Waals surface area contributed by atoms with Crippen molar-refractivity contribution in [3.8, 4) is 22.3 Å². The molecule has 2 fully saturated rings. The van der Waals surface area contributed by atoms with Crippen LogP contribution in [0.25, 0.3) is 22.3 Å². The van der Waals surface area contributed by atoms with Crippen LogP contribution in [-0.4, -0.2) is 40.3 Å². The molecule has 1 amide bonds. The first-order chi connectivity index (χ1) is 15.9. The van der Waals surface area contributed by atoms with E-state index in [1.54, 1.807) is 6.20 Å². The number of amides is 1. The van der Waals surface area contributed by atoms with Gasteiger partial charge in [-0.2, -0.15) is 5.10 Å². The SMILES string of the molecule is CC(C)n1cc(-c2ccc(-c3cnc(N)c(Cl)c3N3CCC4(CCNC4=O)CC3)cc2)cn1. The van der Waals surface area contributed by atoms with Crippen molar-refractivity contribution in [2.75, 3.05) is 30.3 Å². The minimum Gasteiger partial charge on any atom is -0.382 e. The number of benzene rings is 1. The maximum atomic E-state index is 12.4. The number of piperidine rings is 1. The summed E-state index contributed by atoms with van der Waals surface area (Å²) in [5.41, 5.74) is 10.9. The molecule has 172 valence electrons. The van der Waals surface area contributed by atoms with Gasteiger partial charge in [0, 0.05) is 49.2 Å². The Bertz CT molecular complexity index is 1180. The van der Waals surface area contributed by atoms with E-state index < -0.39 is 0 Å². The van der Waals surface area contributed by atoms with Crippen LogP contribution in [0, 0.1) is 5.41 Å². The lowest BCUT2D eigenvalue weighted by Gasteiger charge is -2.39. The minimum absolute atomic E-state index is 0.194. The summed E-state index contributed by atoms with van der Waals surface area (Å²) in [6, 6.07) is 8.69. The highest BCUT2D eigenvalue weighted by Gasteiger charge is 2.44. The molecule has 4 heterocycles. The summed E-state index contributed by atoms with van der Waals surface area (Å²) in [5.74, 6) is 0.520. The second kappa shape index (κ2) is 8.37. The first kappa shape index (κ1) is 21.8. The predicted molar refractivity (Wildman–Crippen MR) is 132 cm³/mol. The number of nitrogen functional groups attached to an aromatic ring is 1. The second-order valence-corrected chi connectivity index (χ2v) is 9.75. The average Bonchev–Trinajstić information content (AvgIpc) is 3.45. The third kappa shape index (κ3) is 3.84. The average molecular weight is 465 g/mol. The number of carbonyl (C=O) groups is 1. The number of carbonyl (C=O) groups excluding carboxylic acids is 1. The molecule has 8 heteroatoms. The summed E-state index contributed by atoms with van der Waals surface area (Å²) in [4.78, 5) is 19.0. The molecule has 0 saturated carbocycles. The van der Waals surface area contributed by atoms with Crippen molar-refractivity contribution < 1.29 is 4.79 Å². The van der Waals surface area contributed by atoms with Crippen molar-refractivity contribution in [1.82, 2.24) is 20.1 Å². The summed E-state index contributed by atoms with van der Waals surface area (Å²) >= 11 is 6.70. The quantitative estimate of drug-likeness (QED) is 0.591. The lowest BCUT2D eigenvalue weighted by molar-refractivity contribution is -0.128. The number of anilines is 2. The number of hydrogen-bond donors (Lipinski definition) is 2. The van der Waals surface area contributed by atoms with Crippen LogP contribution in [0.2, 0.25) is 5.02 Å².